The summed E-state index contributed by atoms with van der Waals surface area (Å²) in [6, 6.07) is 2.91. The number of hydrogen-bond donors (Lipinski definition) is 1. The summed E-state index contributed by atoms with van der Waals surface area (Å²) < 4.78 is 16.2. The van der Waals surface area contributed by atoms with Crippen LogP contribution in [0.15, 0.2) is 17.2 Å². The zero-order valence-corrected chi connectivity index (χ0v) is 11.3. The van der Waals surface area contributed by atoms with Gasteiger partial charge in [0.15, 0.2) is 11.5 Å². The minimum Gasteiger partial charge on any atom is -0.493 e. The summed E-state index contributed by atoms with van der Waals surface area (Å²) in [6.45, 7) is 0.837. The molecule has 2 heterocycles. The van der Waals surface area contributed by atoms with E-state index >= 15 is 0 Å². The first kappa shape index (κ1) is 13.2. The van der Waals surface area contributed by atoms with E-state index in [1.807, 2.05) is 0 Å². The van der Waals surface area contributed by atoms with Gasteiger partial charge in [0, 0.05) is 5.56 Å². The minimum atomic E-state index is -0.541. The normalized spacial score (nSPS) is 17.3. The second-order valence-corrected chi connectivity index (χ2v) is 4.40. The summed E-state index contributed by atoms with van der Waals surface area (Å²) in [5, 5.41) is 7.16. The first-order valence-electron chi connectivity index (χ1n) is 6.30. The number of hydrogen-bond acceptors (Lipinski definition) is 6. The number of amides is 3. The Labute approximate surface area is 120 Å². The van der Waals surface area contributed by atoms with Crippen molar-refractivity contribution in [2.75, 3.05) is 26.9 Å². The summed E-state index contributed by atoms with van der Waals surface area (Å²) in [4.78, 5) is 22.4. The van der Waals surface area contributed by atoms with Crippen LogP contribution in [0, 0.1) is 0 Å². The number of imide groups is 1. The first-order valence-corrected chi connectivity index (χ1v) is 6.30. The lowest BCUT2D eigenvalue weighted by molar-refractivity contribution is -0.118. The molecule has 0 saturated carbocycles. The van der Waals surface area contributed by atoms with Gasteiger partial charge >= 0.3 is 6.03 Å². The highest BCUT2D eigenvalue weighted by Gasteiger charge is 2.26. The number of fused-ring (bicyclic) bond motifs is 1. The molecule has 1 aromatic rings. The Kier molecular flexibility index (Phi) is 3.35. The van der Waals surface area contributed by atoms with Gasteiger partial charge in [-0.15, -0.1) is 0 Å². The second kappa shape index (κ2) is 5.31. The lowest BCUT2D eigenvalue weighted by Crippen LogP contribution is -2.24. The zero-order chi connectivity index (χ0) is 14.8. The fourth-order valence-corrected chi connectivity index (χ4v) is 2.03. The molecule has 1 saturated heterocycles. The van der Waals surface area contributed by atoms with Gasteiger partial charge in [-0.2, -0.15) is 5.10 Å². The highest BCUT2D eigenvalue weighted by molar-refractivity contribution is 6.02. The Morgan fingerprint density at radius 1 is 1.33 bits per heavy atom. The van der Waals surface area contributed by atoms with Gasteiger partial charge in [-0.3, -0.25) is 10.1 Å². The Bertz CT molecular complexity index is 611. The molecule has 0 spiro atoms. The van der Waals surface area contributed by atoms with Crippen molar-refractivity contribution in [1.29, 1.82) is 0 Å². The average Bonchev–Trinajstić information content (AvgIpc) is 2.82. The van der Waals surface area contributed by atoms with E-state index in [0.717, 1.165) is 5.01 Å². The average molecular weight is 291 g/mol. The molecule has 1 fully saturated rings. The number of hydrazone groups is 1. The molecule has 3 amide bonds. The molecular weight excluding hydrogens is 278 g/mol. The minimum absolute atomic E-state index is 0.0863. The van der Waals surface area contributed by atoms with Crippen LogP contribution in [0.25, 0.3) is 0 Å². The largest absolute Gasteiger partial charge is 0.493 e. The molecular formula is C13H13N3O5. The van der Waals surface area contributed by atoms with Crippen LogP contribution < -0.4 is 19.5 Å². The molecule has 1 N–H and O–H groups in total. The molecule has 21 heavy (non-hydrogen) atoms. The highest BCUT2D eigenvalue weighted by atomic mass is 16.6. The van der Waals surface area contributed by atoms with Crippen LogP contribution >= 0.6 is 0 Å². The fraction of sp³-hybridized carbons (Fsp3) is 0.308. The van der Waals surface area contributed by atoms with Crippen molar-refractivity contribution in [2.45, 2.75) is 0 Å². The Balaban J connectivity index is 1.85. The Hall–Kier alpha value is -2.77. The van der Waals surface area contributed by atoms with Crippen LogP contribution in [0.2, 0.25) is 0 Å². The quantitative estimate of drug-likeness (QED) is 0.641. The van der Waals surface area contributed by atoms with Crippen molar-refractivity contribution in [3.8, 4) is 17.2 Å². The van der Waals surface area contributed by atoms with Gasteiger partial charge in [-0.25, -0.2) is 9.80 Å². The van der Waals surface area contributed by atoms with Crippen molar-refractivity contribution in [3.63, 3.8) is 0 Å². The van der Waals surface area contributed by atoms with Crippen molar-refractivity contribution < 1.29 is 23.8 Å². The number of carbonyl (C=O) groups is 2. The molecule has 110 valence electrons. The molecule has 8 nitrogen and oxygen atoms in total. The van der Waals surface area contributed by atoms with Crippen molar-refractivity contribution in [2.24, 2.45) is 5.10 Å². The van der Waals surface area contributed by atoms with Crippen LogP contribution in [0.5, 0.6) is 17.2 Å². The van der Waals surface area contributed by atoms with Crippen LogP contribution in [0.1, 0.15) is 5.56 Å². The molecule has 2 aliphatic heterocycles. The van der Waals surface area contributed by atoms with Crippen molar-refractivity contribution >= 4 is 18.2 Å². The smallest absolute Gasteiger partial charge is 0.344 e. The maximum absolute atomic E-state index is 11.4. The molecule has 0 bridgehead atoms. The van der Waals surface area contributed by atoms with Crippen molar-refractivity contribution in [3.05, 3.63) is 17.7 Å². The molecule has 0 aromatic heterocycles. The number of rotatable bonds is 3. The van der Waals surface area contributed by atoms with Crippen LogP contribution in [0.3, 0.4) is 0 Å². The zero-order valence-electron chi connectivity index (χ0n) is 11.3. The van der Waals surface area contributed by atoms with Gasteiger partial charge in [0.05, 0.1) is 13.3 Å². The first-order chi connectivity index (χ1) is 10.2. The maximum atomic E-state index is 11.4. The van der Waals surface area contributed by atoms with Gasteiger partial charge in [0.1, 0.15) is 19.8 Å². The monoisotopic (exact) mass is 291 g/mol. The summed E-state index contributed by atoms with van der Waals surface area (Å²) in [7, 11) is 1.53. The van der Waals surface area contributed by atoms with E-state index in [9.17, 15) is 9.59 Å². The summed E-state index contributed by atoms with van der Waals surface area (Å²) in [5.41, 5.74) is 0.670. The standard InChI is InChI=1S/C13H13N3O5/c1-19-9-4-8(5-10-12(9)21-3-2-20-10)6-14-16-7-11(17)15-13(16)18/h4-6H,2-3,7H2,1H3,(H,15,17,18)/b14-6-. The van der Waals surface area contributed by atoms with Gasteiger partial charge in [-0.1, -0.05) is 0 Å². The lowest BCUT2D eigenvalue weighted by Gasteiger charge is -2.20. The molecule has 0 radical (unpaired) electrons. The van der Waals surface area contributed by atoms with E-state index in [1.165, 1.54) is 13.3 Å². The number of nitrogens with zero attached hydrogens (tertiary/aromatic N) is 2. The lowest BCUT2D eigenvalue weighted by atomic mass is 10.2. The Morgan fingerprint density at radius 3 is 2.86 bits per heavy atom. The third-order valence-electron chi connectivity index (χ3n) is 2.97. The summed E-state index contributed by atoms with van der Waals surface area (Å²) in [5.74, 6) is 1.26. The van der Waals surface area contributed by atoms with Crippen LogP contribution in [-0.2, 0) is 4.79 Å². The molecule has 0 atom stereocenters. The van der Waals surface area contributed by atoms with E-state index < -0.39 is 6.03 Å². The van der Waals surface area contributed by atoms with E-state index in [4.69, 9.17) is 14.2 Å². The van der Waals surface area contributed by atoms with Crippen LogP contribution in [-0.4, -0.2) is 50.0 Å². The van der Waals surface area contributed by atoms with E-state index in [0.29, 0.717) is 36.0 Å². The third-order valence-corrected chi connectivity index (χ3v) is 2.97. The maximum Gasteiger partial charge on any atom is 0.344 e. The van der Waals surface area contributed by atoms with E-state index in [2.05, 4.69) is 10.4 Å². The van der Waals surface area contributed by atoms with E-state index in [1.54, 1.807) is 12.1 Å². The second-order valence-electron chi connectivity index (χ2n) is 4.40. The predicted molar refractivity (Wildman–Crippen MR) is 71.8 cm³/mol. The molecule has 0 aliphatic carbocycles. The SMILES string of the molecule is COc1cc(/C=N\N2CC(=O)NC2=O)cc2c1OCCO2. The molecule has 8 heteroatoms. The molecule has 3 rings (SSSR count). The van der Waals surface area contributed by atoms with E-state index in [-0.39, 0.29) is 12.5 Å². The van der Waals surface area contributed by atoms with Gasteiger partial charge < -0.3 is 14.2 Å². The van der Waals surface area contributed by atoms with Gasteiger partial charge in [0.25, 0.3) is 0 Å². The summed E-state index contributed by atoms with van der Waals surface area (Å²) in [6.07, 6.45) is 1.46. The topological polar surface area (TPSA) is 89.5 Å². The predicted octanol–water partition coefficient (Wildman–Crippen LogP) is 0.352. The Morgan fingerprint density at radius 2 is 2.14 bits per heavy atom. The number of ether oxygens (including phenoxy) is 3. The number of methoxy groups -OCH3 is 1. The highest BCUT2D eigenvalue weighted by Crippen LogP contribution is 2.39. The molecule has 1 aromatic carbocycles. The van der Waals surface area contributed by atoms with Crippen molar-refractivity contribution in [1.82, 2.24) is 10.3 Å². The third kappa shape index (κ3) is 2.60. The van der Waals surface area contributed by atoms with Gasteiger partial charge in [0.2, 0.25) is 11.7 Å². The number of nitrogens with one attached hydrogen (secondary N) is 1. The number of urea groups is 1. The van der Waals surface area contributed by atoms with Gasteiger partial charge in [-0.05, 0) is 12.1 Å². The summed E-state index contributed by atoms with van der Waals surface area (Å²) >= 11 is 0. The number of benzene rings is 1. The fourth-order valence-electron chi connectivity index (χ4n) is 2.03. The number of carbonyl (C=O) groups excluding carboxylic acids is 2. The molecule has 2 aliphatic rings. The van der Waals surface area contributed by atoms with Crippen LogP contribution in [0.4, 0.5) is 4.79 Å². The molecule has 0 unspecified atom stereocenters.